The first kappa shape index (κ1) is 19.0. The van der Waals surface area contributed by atoms with Crippen molar-refractivity contribution in [2.75, 3.05) is 32.8 Å². The minimum Gasteiger partial charge on any atom is -0.497 e. The van der Waals surface area contributed by atoms with Crippen molar-refractivity contribution in [3.05, 3.63) is 36.0 Å². The fourth-order valence-corrected chi connectivity index (χ4v) is 2.87. The molecular weight excluding hydrogens is 344 g/mol. The number of hydrogen-bond acceptors (Lipinski definition) is 6. The van der Waals surface area contributed by atoms with Gasteiger partial charge >= 0.3 is 12.0 Å². The van der Waals surface area contributed by atoms with Crippen LogP contribution in [0.2, 0.25) is 0 Å². The van der Waals surface area contributed by atoms with Gasteiger partial charge in [0, 0.05) is 17.0 Å². The topological polar surface area (TPSA) is 85.9 Å². The first-order chi connectivity index (χ1) is 12.0. The van der Waals surface area contributed by atoms with Crippen molar-refractivity contribution in [1.82, 2.24) is 10.6 Å². The number of urea groups is 1. The number of carbonyl (C=O) groups is 2. The molecule has 2 amide bonds. The summed E-state index contributed by atoms with van der Waals surface area (Å²) in [7, 11) is 3.06. The highest BCUT2D eigenvalue weighted by Crippen LogP contribution is 2.37. The molecule has 1 aromatic carbocycles. The minimum atomic E-state index is -0.777. The summed E-state index contributed by atoms with van der Waals surface area (Å²) < 4.78 is 16.0. The molecule has 1 aliphatic rings. The highest BCUT2D eigenvalue weighted by Gasteiger charge is 2.40. The van der Waals surface area contributed by atoms with Gasteiger partial charge in [-0.05, 0) is 24.5 Å². The van der Waals surface area contributed by atoms with Crippen LogP contribution < -0.4 is 20.1 Å². The molecule has 7 nitrogen and oxygen atoms in total. The van der Waals surface area contributed by atoms with Crippen molar-refractivity contribution < 1.29 is 23.8 Å². The fraction of sp³-hybridized carbons (Fsp3) is 0.412. The molecule has 8 heteroatoms. The number of amides is 2. The average molecular weight is 366 g/mol. The smallest absolute Gasteiger partial charge is 0.319 e. The van der Waals surface area contributed by atoms with Crippen LogP contribution in [0.15, 0.2) is 30.5 Å². The lowest BCUT2D eigenvalue weighted by atomic mass is 9.88. The molecule has 1 heterocycles. The number of carbonyl (C=O) groups excluding carboxylic acids is 2. The summed E-state index contributed by atoms with van der Waals surface area (Å²) in [5, 5.41) is 5.30. The van der Waals surface area contributed by atoms with E-state index in [9.17, 15) is 9.59 Å². The molecule has 0 radical (unpaired) electrons. The Morgan fingerprint density at radius 3 is 2.72 bits per heavy atom. The zero-order valence-corrected chi connectivity index (χ0v) is 15.3. The number of methoxy groups -OCH3 is 2. The van der Waals surface area contributed by atoms with Crippen molar-refractivity contribution in [3.8, 4) is 11.5 Å². The van der Waals surface area contributed by atoms with Gasteiger partial charge in [0.15, 0.2) is 0 Å². The van der Waals surface area contributed by atoms with E-state index >= 15 is 0 Å². The molecule has 2 N–H and O–H groups in total. The summed E-state index contributed by atoms with van der Waals surface area (Å²) in [6.07, 6.45) is 1.93. The molecule has 2 rings (SSSR count). The second-order valence-corrected chi connectivity index (χ2v) is 6.33. The van der Waals surface area contributed by atoms with Gasteiger partial charge in [0.05, 0.1) is 20.3 Å². The quantitative estimate of drug-likeness (QED) is 0.568. The molecule has 1 aromatic rings. The highest BCUT2D eigenvalue weighted by molar-refractivity contribution is 7.98. The number of ether oxygens (including phenoxy) is 3. The van der Waals surface area contributed by atoms with Crippen LogP contribution >= 0.6 is 11.8 Å². The summed E-state index contributed by atoms with van der Waals surface area (Å²) in [4.78, 5) is 24.5. The molecule has 0 spiro atoms. The van der Waals surface area contributed by atoms with Crippen LogP contribution in [-0.2, 0) is 9.53 Å². The van der Waals surface area contributed by atoms with Crippen LogP contribution in [0, 0.1) is 5.92 Å². The Bertz CT molecular complexity index is 664. The summed E-state index contributed by atoms with van der Waals surface area (Å²) in [6.45, 7) is 4.11. The van der Waals surface area contributed by atoms with Crippen LogP contribution in [0.4, 0.5) is 4.79 Å². The van der Waals surface area contributed by atoms with E-state index in [4.69, 9.17) is 14.2 Å². The Hall–Kier alpha value is -2.35. The largest absolute Gasteiger partial charge is 0.497 e. The Morgan fingerprint density at radius 2 is 2.08 bits per heavy atom. The van der Waals surface area contributed by atoms with Gasteiger partial charge in [0.1, 0.15) is 24.0 Å². The Morgan fingerprint density at radius 1 is 1.32 bits per heavy atom. The number of hydrogen-bond donors (Lipinski definition) is 2. The molecule has 0 saturated carbocycles. The maximum absolute atomic E-state index is 12.6. The fourth-order valence-electron chi connectivity index (χ4n) is 2.62. The van der Waals surface area contributed by atoms with E-state index in [1.165, 1.54) is 7.11 Å². The molecular formula is C17H22N2O5S. The van der Waals surface area contributed by atoms with Crippen LogP contribution in [-0.4, -0.2) is 44.8 Å². The van der Waals surface area contributed by atoms with Crippen molar-refractivity contribution in [2.24, 2.45) is 5.92 Å². The van der Waals surface area contributed by atoms with Gasteiger partial charge in [-0.15, -0.1) is 0 Å². The summed E-state index contributed by atoms with van der Waals surface area (Å²) in [5.41, 5.74) is 0.900. The number of benzene rings is 1. The molecule has 1 aliphatic heterocycles. The Kier molecular flexibility index (Phi) is 6.58. The Labute approximate surface area is 151 Å². The van der Waals surface area contributed by atoms with Crippen LogP contribution in [0.1, 0.15) is 11.6 Å². The van der Waals surface area contributed by atoms with E-state index in [1.54, 1.807) is 37.1 Å². The Balaban J connectivity index is 2.38. The van der Waals surface area contributed by atoms with E-state index in [2.05, 4.69) is 17.2 Å². The monoisotopic (exact) mass is 366 g/mol. The van der Waals surface area contributed by atoms with Gasteiger partial charge in [-0.1, -0.05) is 6.58 Å². The molecule has 1 saturated heterocycles. The third-order valence-electron chi connectivity index (χ3n) is 3.83. The van der Waals surface area contributed by atoms with Crippen LogP contribution in [0.25, 0.3) is 0 Å². The van der Waals surface area contributed by atoms with Crippen molar-refractivity contribution in [2.45, 2.75) is 6.04 Å². The predicted octanol–water partition coefficient (Wildman–Crippen LogP) is 2.09. The molecule has 0 aliphatic carbocycles. The molecule has 0 unspecified atom stereocenters. The third kappa shape index (κ3) is 4.39. The molecule has 25 heavy (non-hydrogen) atoms. The van der Waals surface area contributed by atoms with Crippen molar-refractivity contribution >= 4 is 23.8 Å². The first-order valence-corrected chi connectivity index (χ1v) is 9.05. The number of esters is 1. The lowest BCUT2D eigenvalue weighted by Crippen LogP contribution is -2.51. The maximum atomic E-state index is 12.6. The van der Waals surface area contributed by atoms with Crippen molar-refractivity contribution in [3.63, 3.8) is 0 Å². The molecule has 1 fully saturated rings. The number of thioether (sulfide) groups is 1. The van der Waals surface area contributed by atoms with E-state index in [-0.39, 0.29) is 5.70 Å². The molecule has 2 atom stereocenters. The highest BCUT2D eigenvalue weighted by atomic mass is 32.2. The third-order valence-corrected chi connectivity index (χ3v) is 4.40. The maximum Gasteiger partial charge on any atom is 0.319 e. The van der Waals surface area contributed by atoms with Gasteiger partial charge in [-0.3, -0.25) is 4.79 Å². The van der Waals surface area contributed by atoms with Gasteiger partial charge in [-0.25, -0.2) is 4.79 Å². The molecule has 136 valence electrons. The summed E-state index contributed by atoms with van der Waals surface area (Å²) in [6, 6.07) is 4.08. The van der Waals surface area contributed by atoms with E-state index < -0.39 is 24.0 Å². The number of rotatable bonds is 7. The zero-order valence-electron chi connectivity index (χ0n) is 14.5. The van der Waals surface area contributed by atoms with E-state index in [0.717, 1.165) is 0 Å². The van der Waals surface area contributed by atoms with Gasteiger partial charge in [0.2, 0.25) is 0 Å². The second kappa shape index (κ2) is 8.66. The van der Waals surface area contributed by atoms with Gasteiger partial charge in [-0.2, -0.15) is 11.8 Å². The SMILES string of the molecule is C=C1NC(=O)N[C@H](c2cc(OC)ccc2OC)[C@H]1C(=O)OCCSC. The predicted molar refractivity (Wildman–Crippen MR) is 95.9 cm³/mol. The number of nitrogens with one attached hydrogen (secondary N) is 2. The standard InChI is InChI=1S/C17H22N2O5S/c1-10-14(16(20)24-7-8-25-4)15(19-17(21)18-10)12-9-11(22-2)5-6-13(12)23-3/h5-6,9,14-15H,1,7-8H2,2-4H3,(H2,18,19,21)/t14-,15+/m0/s1. The van der Waals surface area contributed by atoms with Crippen LogP contribution in [0.5, 0.6) is 11.5 Å². The second-order valence-electron chi connectivity index (χ2n) is 5.35. The molecule has 0 bridgehead atoms. The van der Waals surface area contributed by atoms with E-state index in [0.29, 0.717) is 29.4 Å². The van der Waals surface area contributed by atoms with Crippen molar-refractivity contribution in [1.29, 1.82) is 0 Å². The summed E-state index contributed by atoms with van der Waals surface area (Å²) >= 11 is 1.58. The first-order valence-electron chi connectivity index (χ1n) is 7.65. The normalized spacial score (nSPS) is 19.6. The van der Waals surface area contributed by atoms with Crippen LogP contribution in [0.3, 0.4) is 0 Å². The van der Waals surface area contributed by atoms with E-state index in [1.807, 2.05) is 6.26 Å². The molecule has 0 aromatic heterocycles. The lowest BCUT2D eigenvalue weighted by Gasteiger charge is -2.34. The van der Waals surface area contributed by atoms with Gasteiger partial charge < -0.3 is 24.8 Å². The average Bonchev–Trinajstić information content (AvgIpc) is 2.60. The summed E-state index contributed by atoms with van der Waals surface area (Å²) in [5.74, 6) is 0.575. The minimum absolute atomic E-state index is 0.285. The zero-order chi connectivity index (χ0) is 18.4. The van der Waals surface area contributed by atoms with Gasteiger partial charge in [0.25, 0.3) is 0 Å². The lowest BCUT2D eigenvalue weighted by molar-refractivity contribution is -0.147.